The van der Waals surface area contributed by atoms with Crippen molar-refractivity contribution in [2.24, 2.45) is 5.73 Å². The van der Waals surface area contributed by atoms with Crippen LogP contribution in [-0.4, -0.2) is 16.8 Å². The molecule has 2 rings (SSSR count). The number of nitrogens with zero attached hydrogens (tertiary/aromatic N) is 1. The maximum absolute atomic E-state index is 12.0. The van der Waals surface area contributed by atoms with Crippen molar-refractivity contribution in [2.45, 2.75) is 0 Å². The van der Waals surface area contributed by atoms with Gasteiger partial charge in [0, 0.05) is 11.3 Å². The molecule has 1 heterocycles. The number of hydrogen-bond donors (Lipinski definition) is 3. The number of nitrogens with one attached hydrogen (secondary N) is 1. The average Bonchev–Trinajstić information content (AvgIpc) is 2.42. The molecule has 0 fully saturated rings. The fraction of sp³-hybridized carbons (Fsp3) is 0. The first-order valence-corrected chi connectivity index (χ1v) is 5.97. The molecule has 1 aromatic carbocycles. The number of benzene rings is 1. The predicted molar refractivity (Wildman–Crippen MR) is 76.6 cm³/mol. The summed E-state index contributed by atoms with van der Waals surface area (Å²) in [5.41, 5.74) is 12.1. The highest BCUT2D eigenvalue weighted by molar-refractivity contribution is 6.30. The van der Waals surface area contributed by atoms with E-state index < -0.39 is 11.8 Å². The molecule has 0 aliphatic heterocycles. The number of aromatic nitrogens is 1. The second kappa shape index (κ2) is 5.58. The van der Waals surface area contributed by atoms with Crippen LogP contribution < -0.4 is 16.8 Å². The van der Waals surface area contributed by atoms with Gasteiger partial charge in [0.2, 0.25) is 5.91 Å². The maximum Gasteiger partial charge on any atom is 0.257 e. The van der Waals surface area contributed by atoms with E-state index in [1.807, 2.05) is 0 Å². The lowest BCUT2D eigenvalue weighted by Crippen LogP contribution is -2.15. The molecule has 0 radical (unpaired) electrons. The van der Waals surface area contributed by atoms with E-state index >= 15 is 0 Å². The van der Waals surface area contributed by atoms with E-state index in [0.717, 1.165) is 0 Å². The van der Waals surface area contributed by atoms with Crippen LogP contribution >= 0.6 is 11.6 Å². The van der Waals surface area contributed by atoms with Crippen LogP contribution in [0.1, 0.15) is 20.7 Å². The monoisotopic (exact) mass is 290 g/mol. The zero-order valence-corrected chi connectivity index (χ0v) is 11.0. The summed E-state index contributed by atoms with van der Waals surface area (Å²) in [6.07, 6.45) is 1.31. The van der Waals surface area contributed by atoms with Crippen molar-refractivity contribution in [1.82, 2.24) is 4.98 Å². The Balaban J connectivity index is 2.19. The topological polar surface area (TPSA) is 111 Å². The molecule has 0 aliphatic carbocycles. The van der Waals surface area contributed by atoms with Crippen molar-refractivity contribution in [3.05, 3.63) is 52.8 Å². The number of pyridine rings is 1. The van der Waals surface area contributed by atoms with Crippen LogP contribution in [0.3, 0.4) is 0 Å². The Bertz CT molecular complexity index is 671. The lowest BCUT2D eigenvalue weighted by molar-refractivity contribution is 0.0998. The largest absolute Gasteiger partial charge is 0.397 e. The minimum Gasteiger partial charge on any atom is -0.397 e. The molecular weight excluding hydrogens is 280 g/mol. The normalized spacial score (nSPS) is 10.1. The van der Waals surface area contributed by atoms with Gasteiger partial charge in [-0.25, -0.2) is 4.98 Å². The second-order valence-corrected chi connectivity index (χ2v) is 4.38. The van der Waals surface area contributed by atoms with Gasteiger partial charge in [0.05, 0.1) is 17.4 Å². The van der Waals surface area contributed by atoms with Gasteiger partial charge in [-0.2, -0.15) is 0 Å². The van der Waals surface area contributed by atoms with Gasteiger partial charge < -0.3 is 16.8 Å². The van der Waals surface area contributed by atoms with Gasteiger partial charge in [-0.3, -0.25) is 9.59 Å². The number of anilines is 2. The number of primary amides is 1. The van der Waals surface area contributed by atoms with Crippen LogP contribution in [0.4, 0.5) is 11.4 Å². The number of rotatable bonds is 3. The highest BCUT2D eigenvalue weighted by Crippen LogP contribution is 2.17. The van der Waals surface area contributed by atoms with Crippen molar-refractivity contribution in [1.29, 1.82) is 0 Å². The van der Waals surface area contributed by atoms with Crippen LogP contribution in [0.25, 0.3) is 0 Å². The average molecular weight is 291 g/mol. The summed E-state index contributed by atoms with van der Waals surface area (Å²) in [6.45, 7) is 0. The lowest BCUT2D eigenvalue weighted by Gasteiger charge is -2.08. The maximum atomic E-state index is 12.0. The van der Waals surface area contributed by atoms with E-state index in [1.165, 1.54) is 24.4 Å². The van der Waals surface area contributed by atoms with Gasteiger partial charge in [-0.15, -0.1) is 0 Å². The van der Waals surface area contributed by atoms with E-state index in [9.17, 15) is 9.59 Å². The zero-order valence-electron chi connectivity index (χ0n) is 10.3. The molecule has 2 amide bonds. The Kier molecular flexibility index (Phi) is 3.86. The summed E-state index contributed by atoms with van der Waals surface area (Å²) in [6, 6.07) is 7.54. The Morgan fingerprint density at radius 2 is 1.85 bits per heavy atom. The number of nitrogen functional groups attached to an aromatic ring is 1. The Morgan fingerprint density at radius 3 is 2.45 bits per heavy atom. The summed E-state index contributed by atoms with van der Waals surface area (Å²) in [5, 5.41) is 2.81. The van der Waals surface area contributed by atoms with Gasteiger partial charge in [-0.1, -0.05) is 11.6 Å². The summed E-state index contributed by atoms with van der Waals surface area (Å²) >= 11 is 5.72. The molecular formula is C13H11ClN4O2. The number of amides is 2. The number of carbonyl (C=O) groups excluding carboxylic acids is 2. The van der Waals surface area contributed by atoms with Crippen molar-refractivity contribution in [3.63, 3.8) is 0 Å². The molecule has 2 aromatic rings. The van der Waals surface area contributed by atoms with Crippen molar-refractivity contribution < 1.29 is 9.59 Å². The summed E-state index contributed by atoms with van der Waals surface area (Å²) in [5.74, 6) is -0.952. The van der Waals surface area contributed by atoms with E-state index in [0.29, 0.717) is 11.3 Å². The molecule has 102 valence electrons. The predicted octanol–water partition coefficient (Wildman–Crippen LogP) is 1.67. The fourth-order valence-corrected chi connectivity index (χ4v) is 1.71. The van der Waals surface area contributed by atoms with Gasteiger partial charge in [0.25, 0.3) is 5.91 Å². The van der Waals surface area contributed by atoms with Crippen molar-refractivity contribution in [3.8, 4) is 0 Å². The van der Waals surface area contributed by atoms with Crippen LogP contribution in [0.2, 0.25) is 5.15 Å². The number of carbonyl (C=O) groups is 2. The molecule has 7 heteroatoms. The summed E-state index contributed by atoms with van der Waals surface area (Å²) in [4.78, 5) is 26.7. The number of halogens is 1. The molecule has 0 unspecified atom stereocenters. The highest BCUT2D eigenvalue weighted by atomic mass is 35.5. The molecule has 0 spiro atoms. The van der Waals surface area contributed by atoms with Gasteiger partial charge in [-0.05, 0) is 30.3 Å². The van der Waals surface area contributed by atoms with Crippen molar-refractivity contribution >= 4 is 34.8 Å². The van der Waals surface area contributed by atoms with E-state index in [-0.39, 0.29) is 16.4 Å². The summed E-state index contributed by atoms with van der Waals surface area (Å²) in [7, 11) is 0. The first-order valence-electron chi connectivity index (χ1n) is 5.59. The first kappa shape index (κ1) is 13.8. The minimum absolute atomic E-state index is 0.174. The van der Waals surface area contributed by atoms with E-state index in [2.05, 4.69) is 10.3 Å². The molecule has 1 aromatic heterocycles. The third kappa shape index (κ3) is 3.04. The molecule has 6 nitrogen and oxygen atoms in total. The van der Waals surface area contributed by atoms with E-state index in [1.54, 1.807) is 12.1 Å². The van der Waals surface area contributed by atoms with Crippen LogP contribution in [-0.2, 0) is 0 Å². The smallest absolute Gasteiger partial charge is 0.257 e. The third-order valence-corrected chi connectivity index (χ3v) is 2.78. The lowest BCUT2D eigenvalue weighted by atomic mass is 10.2. The van der Waals surface area contributed by atoms with Crippen LogP contribution in [0.15, 0.2) is 36.5 Å². The summed E-state index contributed by atoms with van der Waals surface area (Å²) < 4.78 is 0. The second-order valence-electron chi connectivity index (χ2n) is 3.99. The Labute approximate surface area is 119 Å². The fourth-order valence-electron chi connectivity index (χ4n) is 1.55. The molecule has 0 atom stereocenters. The SMILES string of the molecule is NC(=O)c1ccc(NC(=O)c2cc(Cl)ncc2N)cc1. The van der Waals surface area contributed by atoms with Crippen LogP contribution in [0.5, 0.6) is 0 Å². The van der Waals surface area contributed by atoms with Gasteiger partial charge in [0.1, 0.15) is 5.15 Å². The molecule has 0 saturated carbocycles. The molecule has 5 N–H and O–H groups in total. The van der Waals surface area contributed by atoms with Crippen molar-refractivity contribution in [2.75, 3.05) is 11.1 Å². The highest BCUT2D eigenvalue weighted by Gasteiger charge is 2.11. The molecule has 0 aliphatic rings. The zero-order chi connectivity index (χ0) is 14.7. The van der Waals surface area contributed by atoms with E-state index in [4.69, 9.17) is 23.1 Å². The minimum atomic E-state index is -0.534. The standard InChI is InChI=1S/C13H11ClN4O2/c14-11-5-9(10(15)6-17-11)13(20)18-8-3-1-7(2-4-8)12(16)19/h1-6H,15H2,(H2,16,19)(H,18,20). The third-order valence-electron chi connectivity index (χ3n) is 2.57. The van der Waals surface area contributed by atoms with Crippen LogP contribution in [0, 0.1) is 0 Å². The Morgan fingerprint density at radius 1 is 1.20 bits per heavy atom. The first-order chi connectivity index (χ1) is 9.47. The quantitative estimate of drug-likeness (QED) is 0.746. The number of hydrogen-bond acceptors (Lipinski definition) is 4. The van der Waals surface area contributed by atoms with Gasteiger partial charge >= 0.3 is 0 Å². The molecule has 0 saturated heterocycles. The molecule has 20 heavy (non-hydrogen) atoms. The number of nitrogens with two attached hydrogens (primary N) is 2. The molecule has 0 bridgehead atoms. The van der Waals surface area contributed by atoms with Gasteiger partial charge in [0.15, 0.2) is 0 Å². The Hall–Kier alpha value is -2.60.